The minimum Gasteiger partial charge on any atom is -0.493 e. The van der Waals surface area contributed by atoms with E-state index in [4.69, 9.17) is 23.7 Å². The molecule has 8 nitrogen and oxygen atoms in total. The van der Waals surface area contributed by atoms with Crippen LogP contribution in [0.4, 0.5) is 0 Å². The molecule has 0 radical (unpaired) electrons. The zero-order valence-corrected chi connectivity index (χ0v) is 40.1. The van der Waals surface area contributed by atoms with Crippen LogP contribution in [0.15, 0.2) is 36.4 Å². The first-order valence-corrected chi connectivity index (χ1v) is 23.1. The number of ether oxygens (including phenoxy) is 5. The molecule has 0 amide bonds. The molecular weight excluding hydrogens is 765 g/mol. The molecule has 2 heterocycles. The van der Waals surface area contributed by atoms with Crippen LogP contribution in [0, 0.1) is 5.41 Å². The van der Waals surface area contributed by atoms with Crippen LogP contribution < -0.4 is 14.2 Å². The van der Waals surface area contributed by atoms with Gasteiger partial charge in [-0.05, 0) is 91.0 Å². The fourth-order valence-corrected chi connectivity index (χ4v) is 10.1. The van der Waals surface area contributed by atoms with Crippen molar-refractivity contribution in [3.63, 3.8) is 0 Å². The molecule has 7 rings (SSSR count). The Balaban J connectivity index is 1.61. The van der Waals surface area contributed by atoms with Crippen molar-refractivity contribution in [2.45, 2.75) is 200 Å². The predicted molar refractivity (Wildman–Crippen MR) is 243 cm³/mol. The van der Waals surface area contributed by atoms with Gasteiger partial charge in [0.15, 0.2) is 11.2 Å². The van der Waals surface area contributed by atoms with Gasteiger partial charge in [0, 0.05) is 25.7 Å². The summed E-state index contributed by atoms with van der Waals surface area (Å²) < 4.78 is 33.9. The second-order valence-corrected chi connectivity index (χ2v) is 22.9. The lowest BCUT2D eigenvalue weighted by Gasteiger charge is -2.47. The summed E-state index contributed by atoms with van der Waals surface area (Å²) in [4.78, 5) is 0. The number of epoxide rings is 2. The van der Waals surface area contributed by atoms with Crippen molar-refractivity contribution in [2.24, 2.45) is 5.41 Å². The van der Waals surface area contributed by atoms with Gasteiger partial charge in [0.05, 0.1) is 19.8 Å². The third-order valence-electron chi connectivity index (χ3n) is 13.9. The Hall–Kier alpha value is -3.14. The molecule has 4 atom stereocenters. The first kappa shape index (κ1) is 45.9. The van der Waals surface area contributed by atoms with Crippen molar-refractivity contribution in [1.82, 2.24) is 0 Å². The van der Waals surface area contributed by atoms with Crippen LogP contribution in [0.3, 0.4) is 0 Å². The van der Waals surface area contributed by atoms with Gasteiger partial charge >= 0.3 is 0 Å². The zero-order valence-electron chi connectivity index (χ0n) is 40.1. The van der Waals surface area contributed by atoms with Crippen molar-refractivity contribution in [3.05, 3.63) is 86.5 Å². The molecule has 2 aliphatic heterocycles. The Bertz CT molecular complexity index is 2010. The van der Waals surface area contributed by atoms with Crippen LogP contribution in [0.2, 0.25) is 0 Å². The monoisotopic (exact) mass is 841 g/mol. The highest BCUT2D eigenvalue weighted by molar-refractivity contribution is 5.58. The number of hydrogen-bond acceptors (Lipinski definition) is 8. The van der Waals surface area contributed by atoms with Crippen LogP contribution in [-0.2, 0) is 51.4 Å². The summed E-state index contributed by atoms with van der Waals surface area (Å²) in [6.45, 7) is 33.8. The van der Waals surface area contributed by atoms with E-state index in [9.17, 15) is 15.3 Å². The molecule has 3 fully saturated rings. The number of aliphatic hydroxyl groups is 3. The first-order valence-electron chi connectivity index (χ1n) is 23.1. The Morgan fingerprint density at radius 2 is 0.770 bits per heavy atom. The Morgan fingerprint density at radius 3 is 1.03 bits per heavy atom. The van der Waals surface area contributed by atoms with Crippen LogP contribution in [0.1, 0.15) is 173 Å². The highest BCUT2D eigenvalue weighted by atomic mass is 16.7. The van der Waals surface area contributed by atoms with E-state index in [0.29, 0.717) is 44.2 Å². The summed E-state index contributed by atoms with van der Waals surface area (Å²) in [7, 11) is 0. The van der Waals surface area contributed by atoms with E-state index in [1.807, 2.05) is 20.8 Å². The van der Waals surface area contributed by atoms with Crippen LogP contribution in [-0.4, -0.2) is 69.9 Å². The van der Waals surface area contributed by atoms with E-state index in [2.05, 4.69) is 119 Å². The van der Waals surface area contributed by atoms with E-state index in [-0.39, 0.29) is 29.1 Å². The summed E-state index contributed by atoms with van der Waals surface area (Å²) >= 11 is 0. The van der Waals surface area contributed by atoms with Crippen LogP contribution >= 0.6 is 0 Å². The largest absolute Gasteiger partial charge is 0.493 e. The maximum absolute atomic E-state index is 13.1. The molecule has 8 heteroatoms. The molecule has 3 aromatic carbocycles. The van der Waals surface area contributed by atoms with Crippen LogP contribution in [0.5, 0.6) is 17.2 Å². The summed E-state index contributed by atoms with van der Waals surface area (Å²) in [5.74, 6) is -0.182. The van der Waals surface area contributed by atoms with Gasteiger partial charge in [-0.25, -0.2) is 0 Å². The van der Waals surface area contributed by atoms with Crippen molar-refractivity contribution in [3.8, 4) is 17.2 Å². The van der Waals surface area contributed by atoms with Crippen LogP contribution in [0.25, 0.3) is 0 Å². The van der Waals surface area contributed by atoms with Crippen molar-refractivity contribution < 1.29 is 39.0 Å². The second-order valence-electron chi connectivity index (χ2n) is 22.9. The molecule has 61 heavy (non-hydrogen) atoms. The summed E-state index contributed by atoms with van der Waals surface area (Å²) in [6.07, 6.45) is 1.86. The topological polar surface area (TPSA) is 113 Å². The number of fused-ring (bicyclic) bond motifs is 6. The molecular formula is C53H76O8. The highest BCUT2D eigenvalue weighted by Gasteiger charge is 2.95. The summed E-state index contributed by atoms with van der Waals surface area (Å²) in [5, 5.41) is 39.2. The SMILES string of the molecule is CCCOc1c2cc(C(C)(C)C)cc1Cc1cc(C(C)(C)C)cc(c1OCCC)CC13OC1C(O)(C(C)(C)C)C1OC1(Cc1cc(C(C)(C)C)cc(c1OCCC)C2)C3(O)O. The fraction of sp³-hybridized carbons (Fsp3) is 0.660. The number of hydrogen-bond donors (Lipinski definition) is 3. The van der Waals surface area contributed by atoms with E-state index in [1.165, 1.54) is 5.56 Å². The van der Waals surface area contributed by atoms with Gasteiger partial charge in [-0.1, -0.05) is 140 Å². The average molecular weight is 841 g/mol. The van der Waals surface area contributed by atoms with Crippen molar-refractivity contribution in [1.29, 1.82) is 0 Å². The highest BCUT2D eigenvalue weighted by Crippen LogP contribution is 2.73. The Kier molecular flexibility index (Phi) is 11.5. The normalized spacial score (nSPS) is 26.9. The number of benzene rings is 3. The minimum absolute atomic E-state index is 0.0931. The smallest absolute Gasteiger partial charge is 0.229 e. The maximum Gasteiger partial charge on any atom is 0.229 e. The molecule has 4 unspecified atom stereocenters. The summed E-state index contributed by atoms with van der Waals surface area (Å²) in [5.41, 5.74) is 3.02. The molecule has 4 aliphatic rings. The lowest BCUT2D eigenvalue weighted by molar-refractivity contribution is -0.256. The number of rotatable bonds is 9. The lowest BCUT2D eigenvalue weighted by atomic mass is 9.58. The standard InChI is InChI=1S/C53H76O8/c1-16-19-57-41-32-22-34-26-39(47(7,8)9)28-36(42(34)58-20-17-2)30-50-44(60-50)52(54,49(13,14)15)45-51(61-45,53(50,55)56)31-37-29-40(48(10,11)12)27-35(43(37)59-21-18-3)23-33(41)25-38(24-32)46(4,5)6/h24-29,44-45,54-56H,16-23,30-31H2,1-15H3. The quantitative estimate of drug-likeness (QED) is 0.144. The van der Waals surface area contributed by atoms with E-state index in [1.54, 1.807) is 0 Å². The third-order valence-corrected chi connectivity index (χ3v) is 13.9. The van der Waals surface area contributed by atoms with Gasteiger partial charge in [0.25, 0.3) is 0 Å². The third kappa shape index (κ3) is 7.62. The molecule has 2 saturated heterocycles. The maximum atomic E-state index is 13.1. The van der Waals surface area contributed by atoms with Gasteiger partial charge in [-0.3, -0.25) is 0 Å². The van der Waals surface area contributed by atoms with Crippen molar-refractivity contribution >= 4 is 0 Å². The zero-order chi connectivity index (χ0) is 44.9. The fourth-order valence-electron chi connectivity index (χ4n) is 10.1. The molecule has 336 valence electrons. The second kappa shape index (κ2) is 15.3. The molecule has 8 bridgehead atoms. The Morgan fingerprint density at radius 1 is 0.492 bits per heavy atom. The summed E-state index contributed by atoms with van der Waals surface area (Å²) in [6, 6.07) is 13.5. The van der Waals surface area contributed by atoms with Gasteiger partial charge in [-0.15, -0.1) is 0 Å². The van der Waals surface area contributed by atoms with E-state index < -0.39 is 40.2 Å². The first-order chi connectivity index (χ1) is 28.2. The predicted octanol–water partition coefficient (Wildman–Crippen LogP) is 9.97. The van der Waals surface area contributed by atoms with E-state index in [0.717, 1.165) is 69.5 Å². The Labute approximate surface area is 366 Å². The average Bonchev–Trinajstić information content (AvgIpc) is 4.06. The van der Waals surface area contributed by atoms with Gasteiger partial charge in [0.2, 0.25) is 5.79 Å². The van der Waals surface area contributed by atoms with Gasteiger partial charge in [-0.2, -0.15) is 0 Å². The van der Waals surface area contributed by atoms with Gasteiger partial charge < -0.3 is 39.0 Å². The molecule has 3 aromatic rings. The molecule has 1 saturated carbocycles. The molecule has 2 aliphatic carbocycles. The minimum atomic E-state index is -2.50. The molecule has 2 spiro atoms. The molecule has 3 N–H and O–H groups in total. The lowest BCUT2D eigenvalue weighted by Crippen LogP contribution is -2.71. The van der Waals surface area contributed by atoms with E-state index >= 15 is 0 Å². The van der Waals surface area contributed by atoms with Crippen molar-refractivity contribution in [2.75, 3.05) is 19.8 Å². The van der Waals surface area contributed by atoms with Gasteiger partial charge in [0.1, 0.15) is 35.1 Å². The molecule has 0 aromatic heterocycles.